The molecule has 0 aliphatic heterocycles. The van der Waals surface area contributed by atoms with Gasteiger partial charge in [0.15, 0.2) is 0 Å². The molecule has 0 spiro atoms. The van der Waals surface area contributed by atoms with Gasteiger partial charge in [0.25, 0.3) is 0 Å². The van der Waals surface area contributed by atoms with Crippen LogP contribution >= 0.6 is 27.3 Å². The van der Waals surface area contributed by atoms with Crippen molar-refractivity contribution < 1.29 is 0 Å². The number of halogens is 1. The van der Waals surface area contributed by atoms with Crippen molar-refractivity contribution in [2.75, 3.05) is 0 Å². The molecule has 0 fully saturated rings. The Balaban J connectivity index is 1.97. The Morgan fingerprint density at radius 2 is 2.35 bits per heavy atom. The Morgan fingerprint density at radius 1 is 1.53 bits per heavy atom. The van der Waals surface area contributed by atoms with Crippen LogP contribution in [-0.4, -0.2) is 4.98 Å². The molecule has 0 amide bonds. The van der Waals surface area contributed by atoms with E-state index in [4.69, 9.17) is 0 Å². The lowest BCUT2D eigenvalue weighted by Gasteiger charge is -2.12. The SMILES string of the molecule is Cc1cccnc1CNC(C)c1cc(Br)cs1. The summed E-state index contributed by atoms with van der Waals surface area (Å²) in [6.07, 6.45) is 1.84. The fourth-order valence-electron chi connectivity index (χ4n) is 1.61. The molecule has 0 saturated heterocycles. The highest BCUT2D eigenvalue weighted by Crippen LogP contribution is 2.25. The Labute approximate surface area is 114 Å². The van der Waals surface area contributed by atoms with Crippen molar-refractivity contribution in [1.29, 1.82) is 0 Å². The van der Waals surface area contributed by atoms with Gasteiger partial charge in [-0.3, -0.25) is 4.98 Å². The highest BCUT2D eigenvalue weighted by Gasteiger charge is 2.08. The van der Waals surface area contributed by atoms with Crippen LogP contribution in [0, 0.1) is 6.92 Å². The maximum Gasteiger partial charge on any atom is 0.0570 e. The molecular formula is C13H15BrN2S. The predicted molar refractivity (Wildman–Crippen MR) is 76.2 cm³/mol. The molecule has 2 nitrogen and oxygen atoms in total. The van der Waals surface area contributed by atoms with Gasteiger partial charge in [-0.2, -0.15) is 0 Å². The van der Waals surface area contributed by atoms with Crippen molar-refractivity contribution in [1.82, 2.24) is 10.3 Å². The fraction of sp³-hybridized carbons (Fsp3) is 0.308. The smallest absolute Gasteiger partial charge is 0.0570 e. The summed E-state index contributed by atoms with van der Waals surface area (Å²) in [5.41, 5.74) is 2.36. The van der Waals surface area contributed by atoms with Crippen LogP contribution in [0.3, 0.4) is 0 Å². The van der Waals surface area contributed by atoms with Crippen LogP contribution in [0.4, 0.5) is 0 Å². The maximum atomic E-state index is 4.38. The molecule has 0 radical (unpaired) electrons. The molecule has 17 heavy (non-hydrogen) atoms. The monoisotopic (exact) mass is 310 g/mol. The van der Waals surface area contributed by atoms with Gasteiger partial charge in [-0.15, -0.1) is 11.3 Å². The zero-order valence-electron chi connectivity index (χ0n) is 9.90. The number of rotatable bonds is 4. The molecule has 0 aromatic carbocycles. The van der Waals surface area contributed by atoms with Gasteiger partial charge >= 0.3 is 0 Å². The molecular weight excluding hydrogens is 296 g/mol. The molecule has 90 valence electrons. The number of nitrogens with one attached hydrogen (secondary N) is 1. The summed E-state index contributed by atoms with van der Waals surface area (Å²) >= 11 is 5.25. The van der Waals surface area contributed by atoms with Crippen LogP contribution in [0.2, 0.25) is 0 Å². The standard InChI is InChI=1S/C13H15BrN2S/c1-9-4-3-5-15-12(9)7-16-10(2)13-6-11(14)8-17-13/h3-6,8,10,16H,7H2,1-2H3. The lowest BCUT2D eigenvalue weighted by molar-refractivity contribution is 0.574. The number of aryl methyl sites for hydroxylation is 1. The van der Waals surface area contributed by atoms with E-state index in [2.05, 4.69) is 57.6 Å². The van der Waals surface area contributed by atoms with Crippen LogP contribution in [0.1, 0.15) is 29.1 Å². The summed E-state index contributed by atoms with van der Waals surface area (Å²) in [6, 6.07) is 6.58. The molecule has 2 rings (SSSR count). The van der Waals surface area contributed by atoms with E-state index < -0.39 is 0 Å². The largest absolute Gasteiger partial charge is 0.304 e. The summed E-state index contributed by atoms with van der Waals surface area (Å²) in [7, 11) is 0. The first kappa shape index (κ1) is 12.7. The molecule has 2 heterocycles. The minimum atomic E-state index is 0.354. The van der Waals surface area contributed by atoms with Crippen molar-refractivity contribution >= 4 is 27.3 Å². The normalized spacial score (nSPS) is 12.6. The van der Waals surface area contributed by atoms with Crippen molar-refractivity contribution in [2.45, 2.75) is 26.4 Å². The summed E-state index contributed by atoms with van der Waals surface area (Å²) in [4.78, 5) is 5.72. The number of hydrogen-bond donors (Lipinski definition) is 1. The van der Waals surface area contributed by atoms with Gasteiger partial charge < -0.3 is 5.32 Å². The molecule has 0 saturated carbocycles. The van der Waals surface area contributed by atoms with E-state index in [1.54, 1.807) is 11.3 Å². The van der Waals surface area contributed by atoms with Crippen molar-refractivity contribution in [3.8, 4) is 0 Å². The van der Waals surface area contributed by atoms with E-state index in [9.17, 15) is 0 Å². The summed E-state index contributed by atoms with van der Waals surface area (Å²) in [5.74, 6) is 0. The molecule has 0 bridgehead atoms. The van der Waals surface area contributed by atoms with E-state index in [1.165, 1.54) is 10.4 Å². The highest BCUT2D eigenvalue weighted by molar-refractivity contribution is 9.10. The third kappa shape index (κ3) is 3.37. The lowest BCUT2D eigenvalue weighted by Crippen LogP contribution is -2.18. The highest BCUT2D eigenvalue weighted by atomic mass is 79.9. The Bertz CT molecular complexity index is 496. The summed E-state index contributed by atoms with van der Waals surface area (Å²) < 4.78 is 1.15. The molecule has 1 unspecified atom stereocenters. The number of thiophene rings is 1. The number of aromatic nitrogens is 1. The number of hydrogen-bond acceptors (Lipinski definition) is 3. The summed E-state index contributed by atoms with van der Waals surface area (Å²) in [5, 5.41) is 5.61. The Kier molecular flexibility index (Phi) is 4.31. The second kappa shape index (κ2) is 5.76. The van der Waals surface area contributed by atoms with E-state index >= 15 is 0 Å². The van der Waals surface area contributed by atoms with Crippen molar-refractivity contribution in [2.24, 2.45) is 0 Å². The van der Waals surface area contributed by atoms with Crippen LogP contribution in [0.5, 0.6) is 0 Å². The predicted octanol–water partition coefficient (Wildman–Crippen LogP) is 4.06. The first-order valence-electron chi connectivity index (χ1n) is 5.54. The zero-order valence-corrected chi connectivity index (χ0v) is 12.3. The second-order valence-corrected chi connectivity index (χ2v) is 5.90. The lowest BCUT2D eigenvalue weighted by atomic mass is 10.2. The summed E-state index contributed by atoms with van der Waals surface area (Å²) in [6.45, 7) is 5.08. The molecule has 0 aliphatic rings. The molecule has 2 aromatic heterocycles. The topological polar surface area (TPSA) is 24.9 Å². The first-order valence-corrected chi connectivity index (χ1v) is 7.22. The number of nitrogens with zero attached hydrogens (tertiary/aromatic N) is 1. The van der Waals surface area contributed by atoms with Gasteiger partial charge in [0, 0.05) is 33.5 Å². The van der Waals surface area contributed by atoms with Gasteiger partial charge in [0.1, 0.15) is 0 Å². The third-order valence-corrected chi connectivity index (χ3v) is 4.58. The molecule has 2 aromatic rings. The van der Waals surface area contributed by atoms with Gasteiger partial charge in [-0.25, -0.2) is 0 Å². The fourth-order valence-corrected chi connectivity index (χ4v) is 3.09. The van der Waals surface area contributed by atoms with Crippen LogP contribution in [-0.2, 0) is 6.54 Å². The average molecular weight is 311 g/mol. The Hall–Kier alpha value is -0.710. The third-order valence-electron chi connectivity index (χ3n) is 2.71. The minimum Gasteiger partial charge on any atom is -0.304 e. The van der Waals surface area contributed by atoms with E-state index in [1.807, 2.05) is 12.3 Å². The van der Waals surface area contributed by atoms with Gasteiger partial charge in [0.05, 0.1) is 5.69 Å². The van der Waals surface area contributed by atoms with E-state index in [0.717, 1.165) is 16.7 Å². The molecule has 1 N–H and O–H groups in total. The second-order valence-electron chi connectivity index (χ2n) is 4.04. The molecule has 1 atom stereocenters. The van der Waals surface area contributed by atoms with E-state index in [0.29, 0.717) is 6.04 Å². The van der Waals surface area contributed by atoms with Crippen molar-refractivity contribution in [3.63, 3.8) is 0 Å². The molecule has 0 aliphatic carbocycles. The number of pyridine rings is 1. The van der Waals surface area contributed by atoms with Crippen molar-refractivity contribution in [3.05, 3.63) is 50.4 Å². The van der Waals surface area contributed by atoms with E-state index in [-0.39, 0.29) is 0 Å². The van der Waals surface area contributed by atoms with Crippen LogP contribution in [0.15, 0.2) is 34.2 Å². The Morgan fingerprint density at radius 3 is 3.00 bits per heavy atom. The van der Waals surface area contributed by atoms with Crippen LogP contribution < -0.4 is 5.32 Å². The van der Waals surface area contributed by atoms with Gasteiger partial charge in [-0.05, 0) is 47.5 Å². The quantitative estimate of drug-likeness (QED) is 0.921. The minimum absolute atomic E-state index is 0.354. The molecule has 4 heteroatoms. The van der Waals surface area contributed by atoms with Gasteiger partial charge in [0.2, 0.25) is 0 Å². The zero-order chi connectivity index (χ0) is 12.3. The van der Waals surface area contributed by atoms with Gasteiger partial charge in [-0.1, -0.05) is 6.07 Å². The van der Waals surface area contributed by atoms with Crippen LogP contribution in [0.25, 0.3) is 0 Å². The first-order chi connectivity index (χ1) is 8.16. The maximum absolute atomic E-state index is 4.38. The average Bonchev–Trinajstić information content (AvgIpc) is 2.74.